The maximum atomic E-state index is 13.1. The van der Waals surface area contributed by atoms with Gasteiger partial charge in [-0.2, -0.15) is 0 Å². The van der Waals surface area contributed by atoms with Crippen LogP contribution in [0.25, 0.3) is 0 Å². The Morgan fingerprint density at radius 1 is 1.16 bits per heavy atom. The van der Waals surface area contributed by atoms with Gasteiger partial charge in [0.25, 0.3) is 5.91 Å². The molecule has 1 saturated heterocycles. The Labute approximate surface area is 193 Å². The highest BCUT2D eigenvalue weighted by atomic mass is 35.5. The van der Waals surface area contributed by atoms with Crippen molar-refractivity contribution in [3.63, 3.8) is 0 Å². The van der Waals surface area contributed by atoms with Crippen molar-refractivity contribution >= 4 is 46.8 Å². The summed E-state index contributed by atoms with van der Waals surface area (Å²) in [5, 5.41) is 1.24. The zero-order valence-corrected chi connectivity index (χ0v) is 18.2. The number of ketones is 1. The number of carbonyl (C=O) groups is 4. The van der Waals surface area contributed by atoms with Gasteiger partial charge in [-0.3, -0.25) is 29.6 Å². The molecule has 1 aliphatic rings. The lowest BCUT2D eigenvalue weighted by Gasteiger charge is -2.20. The summed E-state index contributed by atoms with van der Waals surface area (Å²) >= 11 is 11.7. The molecule has 2 amide bonds. The van der Waals surface area contributed by atoms with Crippen molar-refractivity contribution in [3.8, 4) is 0 Å². The van der Waals surface area contributed by atoms with E-state index in [0.717, 1.165) is 17.1 Å². The van der Waals surface area contributed by atoms with Crippen LogP contribution in [0, 0.1) is 11.7 Å². The van der Waals surface area contributed by atoms with Gasteiger partial charge >= 0.3 is 5.97 Å². The lowest BCUT2D eigenvalue weighted by atomic mass is 10.0. The van der Waals surface area contributed by atoms with Crippen LogP contribution in [-0.2, 0) is 14.3 Å². The molecule has 0 saturated carbocycles. The number of esters is 1. The number of hydrogen-bond donors (Lipinski definition) is 1. The van der Waals surface area contributed by atoms with Gasteiger partial charge in [-0.1, -0.05) is 23.7 Å². The third kappa shape index (κ3) is 5.63. The van der Waals surface area contributed by atoms with Gasteiger partial charge in [0, 0.05) is 24.3 Å². The van der Waals surface area contributed by atoms with E-state index in [4.69, 9.17) is 27.9 Å². The number of nitrogens with one attached hydrogen (secondary N) is 1. The van der Waals surface area contributed by atoms with E-state index in [2.05, 4.69) is 5.43 Å². The van der Waals surface area contributed by atoms with Crippen LogP contribution in [0.5, 0.6) is 0 Å². The first-order valence-electron chi connectivity index (χ1n) is 9.72. The Morgan fingerprint density at radius 3 is 2.50 bits per heavy atom. The van der Waals surface area contributed by atoms with Crippen molar-refractivity contribution in [1.82, 2.24) is 10.4 Å². The van der Waals surface area contributed by atoms with E-state index in [1.54, 1.807) is 12.1 Å². The smallest absolute Gasteiger partial charge is 0.312 e. The molecule has 0 bridgehead atoms. The van der Waals surface area contributed by atoms with Crippen LogP contribution in [0.15, 0.2) is 48.5 Å². The Kier molecular flexibility index (Phi) is 7.82. The van der Waals surface area contributed by atoms with E-state index >= 15 is 0 Å². The van der Waals surface area contributed by atoms with E-state index in [1.165, 1.54) is 24.3 Å². The Balaban J connectivity index is 1.63. The molecule has 3 rings (SSSR count). The van der Waals surface area contributed by atoms with Crippen LogP contribution in [0.3, 0.4) is 0 Å². The maximum absolute atomic E-state index is 13.1. The van der Waals surface area contributed by atoms with Crippen LogP contribution in [0.1, 0.15) is 33.6 Å². The number of rotatable bonds is 8. The van der Waals surface area contributed by atoms with Gasteiger partial charge in [0.05, 0.1) is 23.0 Å². The molecule has 2 aromatic carbocycles. The fourth-order valence-corrected chi connectivity index (χ4v) is 3.60. The molecule has 0 aliphatic carbocycles. The molecule has 2 atom stereocenters. The van der Waals surface area contributed by atoms with E-state index < -0.39 is 41.4 Å². The van der Waals surface area contributed by atoms with Crippen LogP contribution in [0.4, 0.5) is 4.39 Å². The minimum absolute atomic E-state index is 0.0501. The molecule has 0 radical (unpaired) electrons. The van der Waals surface area contributed by atoms with E-state index in [9.17, 15) is 23.6 Å². The highest BCUT2D eigenvalue weighted by Gasteiger charge is 2.38. The van der Waals surface area contributed by atoms with Crippen molar-refractivity contribution < 1.29 is 28.3 Å². The summed E-state index contributed by atoms with van der Waals surface area (Å²) in [6.07, 6.45) is -1.32. The number of amides is 2. The normalized spacial score (nSPS) is 16.5. The van der Waals surface area contributed by atoms with Crippen LogP contribution in [0.2, 0.25) is 5.02 Å². The monoisotopic (exact) mass is 480 g/mol. The minimum Gasteiger partial charge on any atom is -0.454 e. The molecule has 168 valence electrons. The van der Waals surface area contributed by atoms with E-state index in [1.807, 2.05) is 0 Å². The summed E-state index contributed by atoms with van der Waals surface area (Å²) in [4.78, 5) is 50.0. The fraction of sp³-hybridized carbons (Fsp3) is 0.273. The van der Waals surface area contributed by atoms with Gasteiger partial charge < -0.3 is 4.74 Å². The average molecular weight is 481 g/mol. The zero-order valence-electron chi connectivity index (χ0n) is 16.7. The summed E-state index contributed by atoms with van der Waals surface area (Å²) in [6.45, 7) is -0.119. The summed E-state index contributed by atoms with van der Waals surface area (Å²) < 4.78 is 18.5. The number of benzene rings is 2. The topological polar surface area (TPSA) is 92.8 Å². The van der Waals surface area contributed by atoms with E-state index in [-0.39, 0.29) is 41.4 Å². The Bertz CT molecular complexity index is 1030. The van der Waals surface area contributed by atoms with Gasteiger partial charge in [-0.15, -0.1) is 11.6 Å². The first-order valence-corrected chi connectivity index (χ1v) is 10.6. The number of hydrogen-bond acceptors (Lipinski definition) is 5. The second-order valence-electron chi connectivity index (χ2n) is 7.10. The van der Waals surface area contributed by atoms with Crippen molar-refractivity contribution in [2.75, 3.05) is 12.4 Å². The van der Waals surface area contributed by atoms with Crippen LogP contribution in [-0.4, -0.2) is 47.1 Å². The molecule has 1 heterocycles. The summed E-state index contributed by atoms with van der Waals surface area (Å²) in [6, 6.07) is 11.2. The maximum Gasteiger partial charge on any atom is 0.312 e. The largest absolute Gasteiger partial charge is 0.454 e. The van der Waals surface area contributed by atoms with Gasteiger partial charge in [0.2, 0.25) is 11.7 Å². The minimum atomic E-state index is -1.17. The third-order valence-electron chi connectivity index (χ3n) is 4.86. The van der Waals surface area contributed by atoms with Gasteiger partial charge in [-0.25, -0.2) is 4.39 Å². The molecule has 0 spiro atoms. The van der Waals surface area contributed by atoms with Gasteiger partial charge in [-0.05, 0) is 36.4 Å². The summed E-state index contributed by atoms with van der Waals surface area (Å²) in [7, 11) is 0. The molecule has 0 aromatic heterocycles. The molecular weight excluding hydrogens is 462 g/mol. The van der Waals surface area contributed by atoms with Crippen LogP contribution < -0.4 is 5.43 Å². The number of alkyl halides is 1. The number of Topliss-reactive ketones (excluding diaryl/α,β-unsaturated/α-hetero) is 1. The molecular formula is C22H19Cl2FN2O5. The lowest BCUT2D eigenvalue weighted by Crippen LogP contribution is -2.43. The molecule has 10 heteroatoms. The molecule has 7 nitrogen and oxygen atoms in total. The van der Waals surface area contributed by atoms with E-state index in [0.29, 0.717) is 0 Å². The van der Waals surface area contributed by atoms with Gasteiger partial charge in [0.1, 0.15) is 5.82 Å². The predicted octanol–water partition coefficient (Wildman–Crippen LogP) is 3.40. The highest BCUT2D eigenvalue weighted by molar-refractivity contribution is 6.33. The Hall–Kier alpha value is -2.97. The third-order valence-corrected chi connectivity index (χ3v) is 5.41. The molecule has 2 aromatic rings. The first-order chi connectivity index (χ1) is 15.3. The number of hydrazine groups is 1. The van der Waals surface area contributed by atoms with Crippen LogP contribution >= 0.6 is 23.2 Å². The molecule has 0 unspecified atom stereocenters. The summed E-state index contributed by atoms with van der Waals surface area (Å²) in [5.74, 6) is -3.70. The number of halogens is 3. The zero-order chi connectivity index (χ0) is 23.3. The highest BCUT2D eigenvalue weighted by Crippen LogP contribution is 2.21. The number of ether oxygens (including phenoxy) is 1. The molecule has 1 aliphatic heterocycles. The van der Waals surface area contributed by atoms with Crippen molar-refractivity contribution in [3.05, 3.63) is 70.5 Å². The first kappa shape index (κ1) is 23.7. The lowest BCUT2D eigenvalue weighted by molar-refractivity contribution is -0.151. The van der Waals surface area contributed by atoms with Crippen molar-refractivity contribution in [2.24, 2.45) is 5.92 Å². The number of carbonyl (C=O) groups excluding carboxylic acids is 4. The SMILES string of the molecule is O=C(NN1C[C@@H](C(=O)O[C@H](CCCl)C(=O)c2ccc(F)cc2)CC1=O)c1ccccc1Cl. The molecule has 1 N–H and O–H groups in total. The second kappa shape index (κ2) is 10.6. The summed E-state index contributed by atoms with van der Waals surface area (Å²) in [5.41, 5.74) is 2.78. The number of nitrogens with zero attached hydrogens (tertiary/aromatic N) is 1. The van der Waals surface area contributed by atoms with Crippen molar-refractivity contribution in [1.29, 1.82) is 0 Å². The molecule has 32 heavy (non-hydrogen) atoms. The quantitative estimate of drug-likeness (QED) is 0.355. The molecule has 1 fully saturated rings. The predicted molar refractivity (Wildman–Crippen MR) is 115 cm³/mol. The standard InChI is InChI=1S/C22H19Cl2FN2O5/c23-10-9-18(20(29)13-5-7-15(25)8-6-13)32-22(31)14-11-19(28)27(12-14)26-21(30)16-3-1-2-4-17(16)24/h1-8,14,18H,9-12H2,(H,26,30)/t14-,18+/m0/s1. The van der Waals surface area contributed by atoms with Crippen molar-refractivity contribution in [2.45, 2.75) is 18.9 Å². The Morgan fingerprint density at radius 2 is 1.84 bits per heavy atom. The average Bonchev–Trinajstić information content (AvgIpc) is 3.14. The van der Waals surface area contributed by atoms with Gasteiger partial charge in [0.15, 0.2) is 6.10 Å². The second-order valence-corrected chi connectivity index (χ2v) is 7.89. The fourth-order valence-electron chi connectivity index (χ4n) is 3.18.